The highest BCUT2D eigenvalue weighted by Gasteiger charge is 2.23. The standard InChI is InChI=1S/C22H31N3O4/c1-3-13-24-18-10-6-7-11-19(18)25(22(24)28)14-12-21(27)29-15-20(26)23-17-9-5-4-8-16(17)2/h6-7,10-11,16-17H,3-5,8-9,12-15H2,1-2H3,(H,23,26)/t16-,17+/m0/s1. The molecule has 2 atom stereocenters. The van der Waals surface area contributed by atoms with Crippen LogP contribution >= 0.6 is 0 Å². The first-order valence-corrected chi connectivity index (χ1v) is 10.6. The molecule has 1 aromatic heterocycles. The van der Waals surface area contributed by atoms with Crippen LogP contribution in [0.4, 0.5) is 0 Å². The van der Waals surface area contributed by atoms with Gasteiger partial charge in [-0.1, -0.05) is 38.8 Å². The third-order valence-electron chi connectivity index (χ3n) is 5.73. The van der Waals surface area contributed by atoms with Crippen LogP contribution in [0, 0.1) is 5.92 Å². The van der Waals surface area contributed by atoms with Crippen molar-refractivity contribution >= 4 is 22.9 Å². The lowest BCUT2D eigenvalue weighted by molar-refractivity contribution is -0.149. The second-order valence-electron chi connectivity index (χ2n) is 7.92. The summed E-state index contributed by atoms with van der Waals surface area (Å²) in [6, 6.07) is 7.74. The highest BCUT2D eigenvalue weighted by atomic mass is 16.5. The normalized spacial score (nSPS) is 19.2. The number of nitrogens with one attached hydrogen (secondary N) is 1. The number of esters is 1. The van der Waals surface area contributed by atoms with E-state index in [-0.39, 0.29) is 37.2 Å². The number of nitrogens with zero attached hydrogens (tertiary/aromatic N) is 2. The molecule has 7 nitrogen and oxygen atoms in total. The molecular formula is C22H31N3O4. The highest BCUT2D eigenvalue weighted by molar-refractivity contribution is 5.81. The third-order valence-corrected chi connectivity index (χ3v) is 5.73. The SMILES string of the molecule is CCCn1c(=O)n(CCC(=O)OCC(=O)N[C@@H]2CCCC[C@@H]2C)c2ccccc21. The van der Waals surface area contributed by atoms with Crippen LogP contribution in [-0.2, 0) is 27.4 Å². The summed E-state index contributed by atoms with van der Waals surface area (Å²) < 4.78 is 8.48. The molecule has 0 bridgehead atoms. The zero-order valence-electron chi connectivity index (χ0n) is 17.4. The fourth-order valence-corrected chi connectivity index (χ4v) is 4.13. The number of amides is 1. The number of rotatable bonds is 8. The van der Waals surface area contributed by atoms with Crippen LogP contribution in [0.2, 0.25) is 0 Å². The molecule has 0 unspecified atom stereocenters. The van der Waals surface area contributed by atoms with Gasteiger partial charge in [0.2, 0.25) is 0 Å². The van der Waals surface area contributed by atoms with Gasteiger partial charge in [-0.05, 0) is 37.3 Å². The number of fused-ring (bicyclic) bond motifs is 1. The van der Waals surface area contributed by atoms with Gasteiger partial charge in [0.15, 0.2) is 6.61 Å². The second kappa shape index (κ2) is 9.76. The zero-order chi connectivity index (χ0) is 20.8. The molecule has 0 saturated heterocycles. The molecule has 1 aliphatic rings. The molecule has 0 aliphatic heterocycles. The van der Waals surface area contributed by atoms with E-state index in [4.69, 9.17) is 4.74 Å². The number of aromatic nitrogens is 2. The van der Waals surface area contributed by atoms with Gasteiger partial charge in [-0.15, -0.1) is 0 Å². The average Bonchev–Trinajstić information content (AvgIpc) is 2.98. The Labute approximate surface area is 171 Å². The Balaban J connectivity index is 1.54. The Hall–Kier alpha value is -2.57. The summed E-state index contributed by atoms with van der Waals surface area (Å²) in [6.45, 7) is 4.76. The number of imidazole rings is 1. The molecule has 1 N–H and O–H groups in total. The Morgan fingerprint density at radius 3 is 2.41 bits per heavy atom. The minimum atomic E-state index is -0.476. The fraction of sp³-hybridized carbons (Fsp3) is 0.591. The maximum absolute atomic E-state index is 12.7. The van der Waals surface area contributed by atoms with Crippen LogP contribution in [-0.4, -0.2) is 33.7 Å². The molecule has 0 spiro atoms. The lowest BCUT2D eigenvalue weighted by Gasteiger charge is -2.29. The van der Waals surface area contributed by atoms with Crippen molar-refractivity contribution in [3.8, 4) is 0 Å². The Bertz CT molecular complexity index is 914. The topological polar surface area (TPSA) is 82.3 Å². The predicted octanol–water partition coefficient (Wildman–Crippen LogP) is 2.84. The number of carbonyl (C=O) groups is 2. The van der Waals surface area contributed by atoms with E-state index in [2.05, 4.69) is 12.2 Å². The number of ether oxygens (including phenoxy) is 1. The largest absolute Gasteiger partial charge is 0.456 e. The van der Waals surface area contributed by atoms with Gasteiger partial charge in [-0.2, -0.15) is 0 Å². The van der Waals surface area contributed by atoms with Crippen LogP contribution in [0.3, 0.4) is 0 Å². The van der Waals surface area contributed by atoms with Crippen LogP contribution < -0.4 is 11.0 Å². The molecular weight excluding hydrogens is 370 g/mol. The van der Waals surface area contributed by atoms with E-state index in [0.717, 1.165) is 36.7 Å². The monoisotopic (exact) mass is 401 g/mol. The van der Waals surface area contributed by atoms with Crippen LogP contribution in [0.5, 0.6) is 0 Å². The van der Waals surface area contributed by atoms with E-state index in [1.54, 1.807) is 9.13 Å². The van der Waals surface area contributed by atoms with Crippen molar-refractivity contribution in [2.24, 2.45) is 5.92 Å². The number of para-hydroxylation sites is 2. The maximum Gasteiger partial charge on any atom is 0.329 e. The number of hydrogen-bond acceptors (Lipinski definition) is 4. The summed E-state index contributed by atoms with van der Waals surface area (Å²) in [5.41, 5.74) is 1.56. The Kier molecular flexibility index (Phi) is 7.12. The lowest BCUT2D eigenvalue weighted by atomic mass is 9.86. The fourth-order valence-electron chi connectivity index (χ4n) is 4.13. The Morgan fingerprint density at radius 2 is 1.76 bits per heavy atom. The molecule has 1 saturated carbocycles. The number of benzene rings is 1. The third kappa shape index (κ3) is 5.08. The first-order valence-electron chi connectivity index (χ1n) is 10.6. The summed E-state index contributed by atoms with van der Waals surface area (Å²) >= 11 is 0. The van der Waals surface area contributed by atoms with Crippen molar-refractivity contribution in [2.75, 3.05) is 6.61 Å². The van der Waals surface area contributed by atoms with E-state index >= 15 is 0 Å². The van der Waals surface area contributed by atoms with E-state index in [9.17, 15) is 14.4 Å². The van der Waals surface area contributed by atoms with Crippen molar-refractivity contribution in [1.82, 2.24) is 14.5 Å². The maximum atomic E-state index is 12.7. The van der Waals surface area contributed by atoms with E-state index < -0.39 is 5.97 Å². The van der Waals surface area contributed by atoms with E-state index in [1.807, 2.05) is 31.2 Å². The van der Waals surface area contributed by atoms with E-state index in [1.165, 1.54) is 6.42 Å². The summed E-state index contributed by atoms with van der Waals surface area (Å²) in [6.07, 6.45) is 5.32. The van der Waals surface area contributed by atoms with Crippen molar-refractivity contribution in [3.63, 3.8) is 0 Å². The lowest BCUT2D eigenvalue weighted by Crippen LogP contribution is -2.42. The van der Waals surface area contributed by atoms with Crippen LogP contribution in [0.25, 0.3) is 11.0 Å². The zero-order valence-corrected chi connectivity index (χ0v) is 17.4. The van der Waals surface area contributed by atoms with Gasteiger partial charge in [0.25, 0.3) is 5.91 Å². The van der Waals surface area contributed by atoms with Crippen molar-refractivity contribution in [1.29, 1.82) is 0 Å². The van der Waals surface area contributed by atoms with Crippen molar-refractivity contribution < 1.29 is 14.3 Å². The van der Waals surface area contributed by atoms with E-state index in [0.29, 0.717) is 12.5 Å². The molecule has 158 valence electrons. The van der Waals surface area contributed by atoms with Gasteiger partial charge < -0.3 is 10.1 Å². The smallest absolute Gasteiger partial charge is 0.329 e. The molecule has 3 rings (SSSR count). The molecule has 1 fully saturated rings. The molecule has 0 radical (unpaired) electrons. The van der Waals surface area contributed by atoms with Gasteiger partial charge in [0.1, 0.15) is 0 Å². The molecule has 1 heterocycles. The molecule has 1 amide bonds. The van der Waals surface area contributed by atoms with Crippen LogP contribution in [0.15, 0.2) is 29.1 Å². The molecule has 1 aliphatic carbocycles. The predicted molar refractivity (Wildman–Crippen MR) is 112 cm³/mol. The number of carbonyl (C=O) groups excluding carboxylic acids is 2. The van der Waals surface area contributed by atoms with Gasteiger partial charge >= 0.3 is 11.7 Å². The summed E-state index contributed by atoms with van der Waals surface area (Å²) in [5.74, 6) is -0.277. The molecule has 1 aromatic carbocycles. The average molecular weight is 402 g/mol. The quantitative estimate of drug-likeness (QED) is 0.690. The van der Waals surface area contributed by atoms with Crippen molar-refractivity contribution in [3.05, 3.63) is 34.7 Å². The van der Waals surface area contributed by atoms with Gasteiger partial charge in [0, 0.05) is 19.1 Å². The molecule has 2 aromatic rings. The minimum Gasteiger partial charge on any atom is -0.456 e. The van der Waals surface area contributed by atoms with Crippen LogP contribution in [0.1, 0.15) is 52.4 Å². The van der Waals surface area contributed by atoms with Gasteiger partial charge in [-0.3, -0.25) is 18.7 Å². The summed E-state index contributed by atoms with van der Waals surface area (Å²) in [7, 11) is 0. The molecule has 29 heavy (non-hydrogen) atoms. The summed E-state index contributed by atoms with van der Waals surface area (Å²) in [4.78, 5) is 36.9. The highest BCUT2D eigenvalue weighted by Crippen LogP contribution is 2.23. The Morgan fingerprint density at radius 1 is 1.10 bits per heavy atom. The number of hydrogen-bond donors (Lipinski definition) is 1. The first kappa shape index (κ1) is 21.1. The number of aryl methyl sites for hydroxylation is 2. The van der Waals surface area contributed by atoms with Crippen molar-refractivity contribution in [2.45, 2.75) is 71.5 Å². The van der Waals surface area contributed by atoms with Gasteiger partial charge in [0.05, 0.1) is 17.5 Å². The second-order valence-corrected chi connectivity index (χ2v) is 7.92. The minimum absolute atomic E-state index is 0.0488. The summed E-state index contributed by atoms with van der Waals surface area (Å²) in [5, 5.41) is 2.97. The first-order chi connectivity index (χ1) is 14.0. The molecule has 7 heteroatoms. The van der Waals surface area contributed by atoms with Gasteiger partial charge in [-0.25, -0.2) is 4.79 Å².